The molecule has 0 atom stereocenters. The molecular formula is C8H6N2O2. The van der Waals surface area contributed by atoms with Crippen LogP contribution in [0.15, 0.2) is 33.5 Å². The minimum atomic E-state index is -0.661. The lowest BCUT2D eigenvalue weighted by molar-refractivity contribution is 0.533. The molecule has 0 aliphatic rings. The topological polar surface area (TPSA) is 69.1 Å². The molecule has 12 heavy (non-hydrogen) atoms. The van der Waals surface area contributed by atoms with Gasteiger partial charge in [0, 0.05) is 0 Å². The molecule has 0 saturated heterocycles. The van der Waals surface area contributed by atoms with Gasteiger partial charge in [0.2, 0.25) is 0 Å². The fraction of sp³-hybridized carbons (Fsp3) is 0. The van der Waals surface area contributed by atoms with E-state index in [2.05, 4.69) is 4.98 Å². The second kappa shape index (κ2) is 2.34. The predicted octanol–water partition coefficient (Wildman–Crippen LogP) is 0.770. The molecule has 0 aliphatic heterocycles. The minimum absolute atomic E-state index is 0.210. The lowest BCUT2D eigenvalue weighted by Crippen LogP contribution is -2.06. The van der Waals surface area contributed by atoms with Gasteiger partial charge in [0.15, 0.2) is 0 Å². The highest BCUT2D eigenvalue weighted by molar-refractivity contribution is 5.85. The number of benzene rings is 1. The van der Waals surface area contributed by atoms with E-state index in [9.17, 15) is 4.79 Å². The van der Waals surface area contributed by atoms with Gasteiger partial charge in [0.05, 0.1) is 5.39 Å². The Labute approximate surface area is 67.6 Å². The van der Waals surface area contributed by atoms with Crippen molar-refractivity contribution in [2.24, 2.45) is 0 Å². The summed E-state index contributed by atoms with van der Waals surface area (Å²) in [5.74, 6) is -0.451. The van der Waals surface area contributed by atoms with Crippen LogP contribution in [-0.4, -0.2) is 4.98 Å². The van der Waals surface area contributed by atoms with E-state index in [0.717, 1.165) is 0 Å². The Morgan fingerprint density at radius 1 is 1.33 bits per heavy atom. The molecule has 4 nitrogen and oxygen atoms in total. The number of hydrogen-bond donors (Lipinski definition) is 1. The largest absolute Gasteiger partial charge is 0.441 e. The molecule has 0 unspecified atom stereocenters. The first kappa shape index (κ1) is 6.84. The van der Waals surface area contributed by atoms with Crippen LogP contribution in [0.2, 0.25) is 0 Å². The normalized spacial score (nSPS) is 10.3. The van der Waals surface area contributed by atoms with Crippen LogP contribution in [0.3, 0.4) is 0 Å². The van der Waals surface area contributed by atoms with Crippen molar-refractivity contribution >= 4 is 16.8 Å². The Balaban J connectivity index is 2.99. The minimum Gasteiger partial charge on any atom is -0.408 e. The molecule has 0 bridgehead atoms. The van der Waals surface area contributed by atoms with Crippen molar-refractivity contribution < 1.29 is 4.42 Å². The maximum absolute atomic E-state index is 10.7. The zero-order valence-electron chi connectivity index (χ0n) is 6.15. The van der Waals surface area contributed by atoms with Crippen molar-refractivity contribution in [1.82, 2.24) is 4.98 Å². The third-order valence-corrected chi connectivity index (χ3v) is 1.57. The van der Waals surface area contributed by atoms with Crippen LogP contribution < -0.4 is 11.5 Å². The number of nitrogen functional groups attached to an aromatic ring is 1. The summed E-state index contributed by atoms with van der Waals surface area (Å²) in [7, 11) is 0. The van der Waals surface area contributed by atoms with Crippen molar-refractivity contribution in [3.8, 4) is 0 Å². The van der Waals surface area contributed by atoms with Crippen LogP contribution in [0.4, 0.5) is 5.82 Å². The van der Waals surface area contributed by atoms with E-state index >= 15 is 0 Å². The molecule has 1 aromatic carbocycles. The lowest BCUT2D eigenvalue weighted by Gasteiger charge is -1.96. The number of nitrogens with two attached hydrogens (primary N) is 1. The number of anilines is 1. The number of rotatable bonds is 0. The molecule has 2 N–H and O–H groups in total. The lowest BCUT2D eigenvalue weighted by atomic mass is 10.2. The van der Waals surface area contributed by atoms with E-state index in [1.807, 2.05) is 0 Å². The third-order valence-electron chi connectivity index (χ3n) is 1.57. The van der Waals surface area contributed by atoms with Gasteiger partial charge in [0.1, 0.15) is 11.4 Å². The zero-order chi connectivity index (χ0) is 8.55. The van der Waals surface area contributed by atoms with Gasteiger partial charge < -0.3 is 10.2 Å². The summed E-state index contributed by atoms with van der Waals surface area (Å²) in [6, 6.07) is 7.00. The molecule has 4 heteroatoms. The fourth-order valence-electron chi connectivity index (χ4n) is 1.04. The standard InChI is InChI=1S/C8H6N2O2/c9-7-5-3-1-2-4-6(5)12-8(11)10-7/h1-4H,(H2,9,10,11). The Hall–Kier alpha value is -1.84. The van der Waals surface area contributed by atoms with Gasteiger partial charge in [-0.25, -0.2) is 4.79 Å². The monoisotopic (exact) mass is 162 g/mol. The van der Waals surface area contributed by atoms with Crippen molar-refractivity contribution in [3.05, 3.63) is 34.8 Å². The van der Waals surface area contributed by atoms with Crippen molar-refractivity contribution in [2.45, 2.75) is 0 Å². The van der Waals surface area contributed by atoms with E-state index in [1.165, 1.54) is 0 Å². The molecule has 0 aliphatic carbocycles. The Morgan fingerprint density at radius 2 is 2.08 bits per heavy atom. The number of aromatic nitrogens is 1. The van der Waals surface area contributed by atoms with E-state index in [1.54, 1.807) is 24.3 Å². The number of nitrogens with zero attached hydrogens (tertiary/aromatic N) is 1. The van der Waals surface area contributed by atoms with Gasteiger partial charge in [-0.1, -0.05) is 12.1 Å². The molecule has 0 radical (unpaired) electrons. The molecule has 2 rings (SSSR count). The molecule has 2 aromatic rings. The average molecular weight is 162 g/mol. The van der Waals surface area contributed by atoms with Crippen LogP contribution >= 0.6 is 0 Å². The highest BCUT2D eigenvalue weighted by Crippen LogP contribution is 2.14. The molecule has 0 saturated carbocycles. The van der Waals surface area contributed by atoms with E-state index in [-0.39, 0.29) is 5.82 Å². The Morgan fingerprint density at radius 3 is 2.92 bits per heavy atom. The molecule has 0 fully saturated rings. The molecule has 1 heterocycles. The van der Waals surface area contributed by atoms with Crippen LogP contribution in [-0.2, 0) is 0 Å². The Bertz CT molecular complexity index is 476. The number of fused-ring (bicyclic) bond motifs is 1. The highest BCUT2D eigenvalue weighted by Gasteiger charge is 2.00. The smallest absolute Gasteiger partial charge is 0.408 e. The second-order valence-corrected chi connectivity index (χ2v) is 2.36. The van der Waals surface area contributed by atoms with E-state index in [4.69, 9.17) is 10.2 Å². The summed E-state index contributed by atoms with van der Waals surface area (Å²) in [6.45, 7) is 0. The van der Waals surface area contributed by atoms with Gasteiger partial charge in [-0.3, -0.25) is 0 Å². The Kier molecular flexibility index (Phi) is 1.33. The first-order chi connectivity index (χ1) is 5.77. The first-order valence-electron chi connectivity index (χ1n) is 3.43. The van der Waals surface area contributed by atoms with Crippen molar-refractivity contribution in [1.29, 1.82) is 0 Å². The van der Waals surface area contributed by atoms with Gasteiger partial charge in [0.25, 0.3) is 0 Å². The summed E-state index contributed by atoms with van der Waals surface area (Å²) < 4.78 is 4.80. The van der Waals surface area contributed by atoms with E-state index < -0.39 is 5.76 Å². The van der Waals surface area contributed by atoms with Crippen molar-refractivity contribution in [2.75, 3.05) is 5.73 Å². The summed E-state index contributed by atoms with van der Waals surface area (Å²) in [4.78, 5) is 14.2. The van der Waals surface area contributed by atoms with Gasteiger partial charge in [-0.15, -0.1) is 0 Å². The fourth-order valence-corrected chi connectivity index (χ4v) is 1.04. The first-order valence-corrected chi connectivity index (χ1v) is 3.43. The predicted molar refractivity (Wildman–Crippen MR) is 44.7 cm³/mol. The van der Waals surface area contributed by atoms with Gasteiger partial charge in [-0.2, -0.15) is 4.98 Å². The zero-order valence-corrected chi connectivity index (χ0v) is 6.15. The summed E-state index contributed by atoms with van der Waals surface area (Å²) in [5, 5.41) is 0.664. The van der Waals surface area contributed by atoms with Crippen LogP contribution in [0.5, 0.6) is 0 Å². The third kappa shape index (κ3) is 0.934. The number of para-hydroxylation sites is 1. The molecule has 1 aromatic heterocycles. The summed E-state index contributed by atoms with van der Waals surface area (Å²) >= 11 is 0. The molecular weight excluding hydrogens is 156 g/mol. The molecule has 0 amide bonds. The summed E-state index contributed by atoms with van der Waals surface area (Å²) in [5.41, 5.74) is 5.95. The quantitative estimate of drug-likeness (QED) is 0.621. The van der Waals surface area contributed by atoms with Crippen LogP contribution in [0.25, 0.3) is 11.0 Å². The van der Waals surface area contributed by atoms with Gasteiger partial charge >= 0.3 is 5.76 Å². The maximum Gasteiger partial charge on any atom is 0.441 e. The molecule has 0 spiro atoms. The maximum atomic E-state index is 10.7. The molecule has 60 valence electrons. The number of hydrogen-bond acceptors (Lipinski definition) is 4. The van der Waals surface area contributed by atoms with Gasteiger partial charge in [-0.05, 0) is 12.1 Å². The van der Waals surface area contributed by atoms with Crippen molar-refractivity contribution in [3.63, 3.8) is 0 Å². The highest BCUT2D eigenvalue weighted by atomic mass is 16.4. The second-order valence-electron chi connectivity index (χ2n) is 2.36. The average Bonchev–Trinajstić information content (AvgIpc) is 2.04. The van der Waals surface area contributed by atoms with E-state index in [0.29, 0.717) is 11.0 Å². The van der Waals surface area contributed by atoms with Crippen LogP contribution in [0, 0.1) is 0 Å². The summed E-state index contributed by atoms with van der Waals surface area (Å²) in [6.07, 6.45) is 0. The van der Waals surface area contributed by atoms with Crippen LogP contribution in [0.1, 0.15) is 0 Å². The SMILES string of the molecule is Nc1nc(=O)oc2ccccc12.